The molecule has 174 valence electrons. The van der Waals surface area contributed by atoms with Crippen LogP contribution in [0.25, 0.3) is 5.70 Å². The number of pyridine rings is 1. The van der Waals surface area contributed by atoms with Gasteiger partial charge >= 0.3 is 0 Å². The highest BCUT2D eigenvalue weighted by Gasteiger charge is 2.22. The van der Waals surface area contributed by atoms with Crippen LogP contribution in [0.15, 0.2) is 64.1 Å². The summed E-state index contributed by atoms with van der Waals surface area (Å²) >= 11 is 4.76. The fourth-order valence-electron chi connectivity index (χ4n) is 4.11. The molecule has 1 aliphatic carbocycles. The highest BCUT2D eigenvalue weighted by Crippen LogP contribution is 2.38. The van der Waals surface area contributed by atoms with Gasteiger partial charge in [-0.3, -0.25) is 10.2 Å². The van der Waals surface area contributed by atoms with Crippen molar-refractivity contribution in [2.45, 2.75) is 32.1 Å². The van der Waals surface area contributed by atoms with E-state index in [4.69, 9.17) is 5.41 Å². The zero-order valence-electron chi connectivity index (χ0n) is 18.7. The molecule has 3 aromatic rings. The Balaban J connectivity index is 1.31. The fraction of sp³-hybridized carbons (Fsp3) is 0.269. The number of hydrogen-bond acceptors (Lipinski definition) is 5. The molecule has 3 heterocycles. The maximum atomic E-state index is 12.9. The van der Waals surface area contributed by atoms with Crippen molar-refractivity contribution >= 4 is 56.2 Å². The van der Waals surface area contributed by atoms with E-state index in [1.807, 2.05) is 29.6 Å². The van der Waals surface area contributed by atoms with E-state index in [2.05, 4.69) is 48.6 Å². The molecule has 0 radical (unpaired) electrons. The average Bonchev–Trinajstić information content (AvgIpc) is 3.61. The zero-order valence-corrected chi connectivity index (χ0v) is 21.1. The van der Waals surface area contributed by atoms with Crippen molar-refractivity contribution in [2.75, 3.05) is 23.7 Å². The summed E-state index contributed by atoms with van der Waals surface area (Å²) in [4.78, 5) is 19.9. The third-order valence-electron chi connectivity index (χ3n) is 6.07. The summed E-state index contributed by atoms with van der Waals surface area (Å²) < 4.78 is 0.863. The number of amidine groups is 1. The van der Waals surface area contributed by atoms with Crippen LogP contribution in [-0.4, -0.2) is 34.7 Å². The monoisotopic (exact) mass is 535 g/mol. The van der Waals surface area contributed by atoms with Crippen molar-refractivity contribution in [2.24, 2.45) is 0 Å². The van der Waals surface area contributed by atoms with Crippen LogP contribution < -0.4 is 10.6 Å². The molecule has 2 fully saturated rings. The van der Waals surface area contributed by atoms with Crippen molar-refractivity contribution in [1.29, 1.82) is 5.41 Å². The number of hydrogen-bond donors (Lipinski definition) is 3. The maximum Gasteiger partial charge on any atom is 0.269 e. The van der Waals surface area contributed by atoms with Crippen molar-refractivity contribution in [3.63, 3.8) is 0 Å². The third-order valence-corrected chi connectivity index (χ3v) is 7.46. The highest BCUT2D eigenvalue weighted by molar-refractivity contribution is 9.10. The number of anilines is 2. The molecule has 8 heteroatoms. The van der Waals surface area contributed by atoms with Gasteiger partial charge in [-0.2, -0.15) is 0 Å². The first kappa shape index (κ1) is 22.8. The molecule has 1 aromatic carbocycles. The van der Waals surface area contributed by atoms with E-state index in [0.717, 1.165) is 65.8 Å². The lowest BCUT2D eigenvalue weighted by Crippen LogP contribution is -2.35. The molecule has 2 aliphatic rings. The van der Waals surface area contributed by atoms with E-state index in [1.54, 1.807) is 12.3 Å². The summed E-state index contributed by atoms with van der Waals surface area (Å²) in [7, 11) is 0. The Morgan fingerprint density at radius 1 is 0.971 bits per heavy atom. The molecule has 6 nitrogen and oxygen atoms in total. The van der Waals surface area contributed by atoms with Crippen molar-refractivity contribution in [3.8, 4) is 0 Å². The molecule has 34 heavy (non-hydrogen) atoms. The van der Waals surface area contributed by atoms with Gasteiger partial charge in [0.25, 0.3) is 5.91 Å². The second-order valence-corrected chi connectivity index (χ2v) is 10.4. The molecule has 1 saturated carbocycles. The lowest BCUT2D eigenvalue weighted by Gasteiger charge is -2.29. The van der Waals surface area contributed by atoms with Gasteiger partial charge in [0, 0.05) is 35.0 Å². The van der Waals surface area contributed by atoms with E-state index in [9.17, 15) is 4.79 Å². The molecule has 1 aliphatic heterocycles. The Morgan fingerprint density at radius 2 is 1.71 bits per heavy atom. The fourth-order valence-corrected chi connectivity index (χ4v) is 5.09. The number of likely N-dealkylation sites (tertiary alicyclic amines) is 1. The van der Waals surface area contributed by atoms with Gasteiger partial charge in [-0.25, -0.2) is 4.98 Å². The molecule has 3 N–H and O–H groups in total. The number of halogens is 1. The number of nitrogens with zero attached hydrogens (tertiary/aromatic N) is 2. The Kier molecular flexibility index (Phi) is 6.78. The Morgan fingerprint density at radius 3 is 2.38 bits per heavy atom. The number of rotatable bonds is 6. The Hall–Kier alpha value is -2.97. The number of amides is 1. The van der Waals surface area contributed by atoms with Crippen molar-refractivity contribution in [3.05, 3.63) is 80.1 Å². The van der Waals surface area contributed by atoms with Crippen LogP contribution >= 0.6 is 27.3 Å². The number of thiophene rings is 1. The van der Waals surface area contributed by atoms with E-state index in [1.165, 1.54) is 23.3 Å². The minimum Gasteiger partial charge on any atom is -0.357 e. The van der Waals surface area contributed by atoms with E-state index < -0.39 is 0 Å². The zero-order chi connectivity index (χ0) is 23.5. The van der Waals surface area contributed by atoms with Crippen LogP contribution in [-0.2, 0) is 0 Å². The number of benzene rings is 1. The quantitative estimate of drug-likeness (QED) is 0.245. The first-order chi connectivity index (χ1) is 16.6. The molecule has 0 unspecified atom stereocenters. The number of nitrogens with one attached hydrogen (secondary N) is 3. The van der Waals surface area contributed by atoms with Crippen LogP contribution in [0.5, 0.6) is 0 Å². The summed E-state index contributed by atoms with van der Waals surface area (Å²) in [5.41, 5.74) is 5.23. The standard InChI is InChI=1S/C26H26BrN5OS/c27-20-10-11-22(29-16-20)31-26(33)24-21(12-15-34-24)30-23(17-4-5-17)18-6-8-19(9-7-18)25(28)32-13-2-1-3-14-32/h6-12,15-16,28,30H,1-5,13-14H2,(H,29,31,33). The number of piperidine rings is 1. The van der Waals surface area contributed by atoms with Crippen LogP contribution in [0.1, 0.15) is 52.9 Å². The minimum absolute atomic E-state index is 0.183. The maximum absolute atomic E-state index is 12.9. The predicted molar refractivity (Wildman–Crippen MR) is 143 cm³/mol. The van der Waals surface area contributed by atoms with Crippen molar-refractivity contribution < 1.29 is 4.79 Å². The van der Waals surface area contributed by atoms with Gasteiger partial charge in [-0.15, -0.1) is 11.3 Å². The number of carbonyl (C=O) groups excluding carboxylic acids is 1. The van der Waals surface area contributed by atoms with Crippen LogP contribution in [0.3, 0.4) is 0 Å². The van der Waals surface area contributed by atoms with Gasteiger partial charge in [-0.05, 0) is 82.7 Å². The highest BCUT2D eigenvalue weighted by atomic mass is 79.9. The van der Waals surface area contributed by atoms with Gasteiger partial charge in [0.1, 0.15) is 16.5 Å². The van der Waals surface area contributed by atoms with Crippen LogP contribution in [0.2, 0.25) is 0 Å². The summed E-state index contributed by atoms with van der Waals surface area (Å²) in [5.74, 6) is 0.941. The van der Waals surface area contributed by atoms with Crippen LogP contribution in [0.4, 0.5) is 11.5 Å². The summed E-state index contributed by atoms with van der Waals surface area (Å²) in [6.45, 7) is 1.94. The Labute approximate surface area is 211 Å². The second-order valence-electron chi connectivity index (χ2n) is 8.56. The molecule has 1 saturated heterocycles. The largest absolute Gasteiger partial charge is 0.357 e. The predicted octanol–water partition coefficient (Wildman–Crippen LogP) is 6.59. The van der Waals surface area contributed by atoms with Gasteiger partial charge in [0.15, 0.2) is 0 Å². The van der Waals surface area contributed by atoms with E-state index >= 15 is 0 Å². The van der Waals surface area contributed by atoms with Crippen LogP contribution in [0, 0.1) is 5.41 Å². The van der Waals surface area contributed by atoms with Crippen molar-refractivity contribution in [1.82, 2.24) is 9.88 Å². The molecular formula is C26H26BrN5OS. The van der Waals surface area contributed by atoms with Gasteiger partial charge in [0.05, 0.1) is 5.69 Å². The molecule has 2 aromatic heterocycles. The first-order valence-corrected chi connectivity index (χ1v) is 13.2. The normalized spacial score (nSPS) is 15.1. The summed E-state index contributed by atoms with van der Waals surface area (Å²) in [5, 5.41) is 16.9. The second kappa shape index (κ2) is 10.1. The molecule has 5 rings (SSSR count). The molecule has 0 spiro atoms. The minimum atomic E-state index is -0.183. The molecular weight excluding hydrogens is 510 g/mol. The lowest BCUT2D eigenvalue weighted by atomic mass is 10.0. The molecule has 0 bridgehead atoms. The summed E-state index contributed by atoms with van der Waals surface area (Å²) in [6.07, 6.45) is 7.36. The first-order valence-electron chi connectivity index (χ1n) is 11.5. The van der Waals surface area contributed by atoms with Gasteiger partial charge in [0.2, 0.25) is 0 Å². The lowest BCUT2D eigenvalue weighted by molar-refractivity contribution is 0.103. The van der Waals surface area contributed by atoms with E-state index in [-0.39, 0.29) is 5.91 Å². The van der Waals surface area contributed by atoms with E-state index in [0.29, 0.717) is 16.5 Å². The number of aromatic nitrogens is 1. The smallest absolute Gasteiger partial charge is 0.269 e. The van der Waals surface area contributed by atoms with Gasteiger partial charge in [-0.1, -0.05) is 24.3 Å². The number of carbonyl (C=O) groups is 1. The SMILES string of the molecule is N=C(c1ccc(C(Nc2ccsc2C(=O)Nc2ccc(Br)cn2)=C2CC2)cc1)N1CCCCC1. The summed E-state index contributed by atoms with van der Waals surface area (Å²) in [6, 6.07) is 13.8. The topological polar surface area (TPSA) is 81.1 Å². The Bertz CT molecular complexity index is 1220. The van der Waals surface area contributed by atoms with Gasteiger partial charge < -0.3 is 15.5 Å². The molecule has 0 atom stereocenters. The average molecular weight is 536 g/mol. The molecule has 1 amide bonds. The third kappa shape index (κ3) is 5.23. The number of allylic oxidation sites excluding steroid dienone is 1.